The van der Waals surface area contributed by atoms with Crippen LogP contribution in [0.1, 0.15) is 12.1 Å². The monoisotopic (exact) mass is 439 g/mol. The normalized spacial score (nSPS) is 15.4. The first-order valence-corrected chi connectivity index (χ1v) is 10.9. The van der Waals surface area contributed by atoms with E-state index in [2.05, 4.69) is 0 Å². The van der Waals surface area contributed by atoms with Crippen LogP contribution in [0.3, 0.4) is 0 Å². The van der Waals surface area contributed by atoms with Crippen LogP contribution in [-0.4, -0.2) is 59.4 Å². The number of carbonyl (C=O) groups is 1. The van der Waals surface area contributed by atoms with Crippen molar-refractivity contribution in [1.29, 1.82) is 0 Å². The van der Waals surface area contributed by atoms with Gasteiger partial charge in [-0.25, -0.2) is 8.42 Å². The fraction of sp³-hybridized carbons (Fsp3) is 0.368. The molecule has 1 fully saturated rings. The molecule has 0 atom stereocenters. The molecule has 0 saturated carbocycles. The Morgan fingerprint density at radius 2 is 1.72 bits per heavy atom. The second kappa shape index (κ2) is 8.56. The van der Waals surface area contributed by atoms with E-state index >= 15 is 0 Å². The molecule has 2 aromatic rings. The minimum absolute atomic E-state index is 0.104. The van der Waals surface area contributed by atoms with Crippen LogP contribution in [0.15, 0.2) is 46.1 Å². The van der Waals surface area contributed by atoms with E-state index < -0.39 is 10.0 Å². The van der Waals surface area contributed by atoms with Crippen LogP contribution in [0, 0.1) is 6.92 Å². The zero-order valence-electron chi connectivity index (χ0n) is 15.9. The van der Waals surface area contributed by atoms with Gasteiger partial charge < -0.3 is 14.6 Å². The molecule has 1 aliphatic heterocycles. The lowest BCUT2D eigenvalue weighted by atomic mass is 10.2. The van der Waals surface area contributed by atoms with E-state index in [0.29, 0.717) is 10.7 Å². The lowest BCUT2D eigenvalue weighted by molar-refractivity contribution is -0.132. The van der Waals surface area contributed by atoms with Crippen molar-refractivity contribution in [2.75, 3.05) is 26.2 Å². The Bertz CT molecular complexity index is 1060. The van der Waals surface area contributed by atoms with Gasteiger partial charge in [-0.1, -0.05) is 11.6 Å². The lowest BCUT2D eigenvalue weighted by Gasteiger charge is -2.34. The smallest absolute Gasteiger partial charge is 0.254 e. The van der Waals surface area contributed by atoms with Crippen LogP contribution in [0.4, 0.5) is 0 Å². The molecule has 1 aromatic heterocycles. The summed E-state index contributed by atoms with van der Waals surface area (Å²) < 4.78 is 28.2. The standard InChI is InChI=1S/C19H22ClN3O5S/c1-14-12-16(24)13-19(26)23(14)7-6-18(25)21-8-10-22(11-9-21)29(27,28)17-4-2-15(20)3-5-17/h2-5,12-13,24H,6-11H2,1H3. The highest BCUT2D eigenvalue weighted by molar-refractivity contribution is 7.89. The summed E-state index contributed by atoms with van der Waals surface area (Å²) in [6.07, 6.45) is 0.120. The molecule has 1 aliphatic rings. The molecule has 1 aromatic carbocycles. The van der Waals surface area contributed by atoms with Gasteiger partial charge in [0.2, 0.25) is 15.9 Å². The number of hydrogen-bond donors (Lipinski definition) is 1. The maximum absolute atomic E-state index is 12.7. The van der Waals surface area contributed by atoms with E-state index in [0.717, 1.165) is 6.07 Å². The number of hydrogen-bond acceptors (Lipinski definition) is 5. The van der Waals surface area contributed by atoms with E-state index in [-0.39, 0.29) is 61.3 Å². The van der Waals surface area contributed by atoms with Gasteiger partial charge in [0.25, 0.3) is 5.56 Å². The van der Waals surface area contributed by atoms with Crippen LogP contribution in [0.2, 0.25) is 5.02 Å². The number of amides is 1. The Balaban J connectivity index is 1.58. The summed E-state index contributed by atoms with van der Waals surface area (Å²) >= 11 is 5.82. The third-order valence-corrected chi connectivity index (χ3v) is 7.08. The molecule has 29 heavy (non-hydrogen) atoms. The van der Waals surface area contributed by atoms with Crippen molar-refractivity contribution in [3.63, 3.8) is 0 Å². The number of aromatic nitrogens is 1. The molecular weight excluding hydrogens is 418 g/mol. The summed E-state index contributed by atoms with van der Waals surface area (Å²) in [4.78, 5) is 26.2. The first-order valence-electron chi connectivity index (χ1n) is 9.12. The highest BCUT2D eigenvalue weighted by Crippen LogP contribution is 2.20. The van der Waals surface area contributed by atoms with Crippen molar-refractivity contribution in [2.24, 2.45) is 0 Å². The fourth-order valence-corrected chi connectivity index (χ4v) is 4.85. The topological polar surface area (TPSA) is 99.9 Å². The fourth-order valence-electron chi connectivity index (χ4n) is 3.30. The number of aromatic hydroxyl groups is 1. The van der Waals surface area contributed by atoms with Gasteiger partial charge in [0.1, 0.15) is 5.75 Å². The maximum Gasteiger partial charge on any atom is 0.254 e. The summed E-state index contributed by atoms with van der Waals surface area (Å²) in [7, 11) is -3.63. The van der Waals surface area contributed by atoms with Crippen LogP contribution >= 0.6 is 11.6 Å². The number of sulfonamides is 1. The van der Waals surface area contributed by atoms with E-state index in [1.165, 1.54) is 39.2 Å². The minimum Gasteiger partial charge on any atom is -0.508 e. The van der Waals surface area contributed by atoms with Gasteiger partial charge in [-0.3, -0.25) is 9.59 Å². The molecule has 10 heteroatoms. The van der Waals surface area contributed by atoms with Crippen molar-refractivity contribution in [1.82, 2.24) is 13.8 Å². The summed E-state index contributed by atoms with van der Waals surface area (Å²) in [6.45, 7) is 2.87. The number of rotatable bonds is 5. The van der Waals surface area contributed by atoms with Gasteiger partial charge in [-0.05, 0) is 37.3 Å². The number of nitrogens with zero attached hydrogens (tertiary/aromatic N) is 3. The average molecular weight is 440 g/mol. The van der Waals surface area contributed by atoms with Gasteiger partial charge in [-0.2, -0.15) is 4.31 Å². The lowest BCUT2D eigenvalue weighted by Crippen LogP contribution is -2.50. The average Bonchev–Trinajstić information content (AvgIpc) is 2.67. The first kappa shape index (κ1) is 21.4. The van der Waals surface area contributed by atoms with Crippen molar-refractivity contribution >= 4 is 27.5 Å². The SMILES string of the molecule is Cc1cc(O)cc(=O)n1CCC(=O)N1CCN(S(=O)(=O)c2ccc(Cl)cc2)CC1. The van der Waals surface area contributed by atoms with Gasteiger partial charge >= 0.3 is 0 Å². The van der Waals surface area contributed by atoms with Gasteiger partial charge in [0.15, 0.2) is 0 Å². The van der Waals surface area contributed by atoms with Crippen molar-refractivity contribution < 1.29 is 18.3 Å². The highest BCUT2D eigenvalue weighted by Gasteiger charge is 2.30. The summed E-state index contributed by atoms with van der Waals surface area (Å²) in [5.74, 6) is -0.249. The zero-order chi connectivity index (χ0) is 21.2. The number of aryl methyl sites for hydroxylation is 1. The largest absolute Gasteiger partial charge is 0.508 e. The Hall–Kier alpha value is -2.36. The Morgan fingerprint density at radius 1 is 1.10 bits per heavy atom. The second-order valence-electron chi connectivity index (χ2n) is 6.83. The van der Waals surface area contributed by atoms with Crippen LogP contribution in [0.5, 0.6) is 5.75 Å². The summed E-state index contributed by atoms with van der Waals surface area (Å²) in [5, 5.41) is 9.90. The quantitative estimate of drug-likeness (QED) is 0.759. The van der Waals surface area contributed by atoms with Crippen molar-refractivity contribution in [3.05, 3.63) is 57.5 Å². The molecule has 1 amide bonds. The maximum atomic E-state index is 12.7. The molecule has 3 rings (SSSR count). The van der Waals surface area contributed by atoms with Crippen molar-refractivity contribution in [2.45, 2.75) is 24.8 Å². The number of piperazine rings is 1. The Kier molecular flexibility index (Phi) is 6.30. The van der Waals surface area contributed by atoms with Crippen molar-refractivity contribution in [3.8, 4) is 5.75 Å². The Labute approximate surface area is 174 Å². The molecule has 8 nitrogen and oxygen atoms in total. The Morgan fingerprint density at radius 3 is 2.31 bits per heavy atom. The molecule has 0 bridgehead atoms. The number of halogens is 1. The summed E-state index contributed by atoms with van der Waals surface area (Å²) in [6, 6.07) is 8.56. The van der Waals surface area contributed by atoms with Gasteiger partial charge in [0.05, 0.1) is 4.90 Å². The van der Waals surface area contributed by atoms with E-state index in [1.807, 2.05) is 0 Å². The molecule has 1 N–H and O–H groups in total. The number of pyridine rings is 1. The van der Waals surface area contributed by atoms with E-state index in [9.17, 15) is 23.1 Å². The van der Waals surface area contributed by atoms with Gasteiger partial charge in [-0.15, -0.1) is 0 Å². The highest BCUT2D eigenvalue weighted by atomic mass is 35.5. The molecule has 0 radical (unpaired) electrons. The molecule has 156 valence electrons. The number of benzene rings is 1. The van der Waals surface area contributed by atoms with Crippen LogP contribution in [-0.2, 0) is 21.4 Å². The van der Waals surface area contributed by atoms with E-state index in [4.69, 9.17) is 11.6 Å². The number of carbonyl (C=O) groups excluding carboxylic acids is 1. The first-order chi connectivity index (χ1) is 13.7. The van der Waals surface area contributed by atoms with Crippen LogP contribution in [0.25, 0.3) is 0 Å². The summed E-state index contributed by atoms with van der Waals surface area (Å²) in [5.41, 5.74) is 0.204. The predicted octanol–water partition coefficient (Wildman–Crippen LogP) is 1.44. The molecule has 0 spiro atoms. The predicted molar refractivity (Wildman–Crippen MR) is 109 cm³/mol. The molecule has 1 saturated heterocycles. The second-order valence-corrected chi connectivity index (χ2v) is 9.21. The third kappa shape index (κ3) is 4.80. The van der Waals surface area contributed by atoms with Crippen LogP contribution < -0.4 is 5.56 Å². The molecular formula is C19H22ClN3O5S. The third-order valence-electron chi connectivity index (χ3n) is 4.91. The zero-order valence-corrected chi connectivity index (χ0v) is 17.5. The van der Waals surface area contributed by atoms with E-state index in [1.54, 1.807) is 11.8 Å². The minimum atomic E-state index is -3.63. The molecule has 0 aliphatic carbocycles. The molecule has 0 unspecified atom stereocenters. The van der Waals surface area contributed by atoms with Gasteiger partial charge in [0, 0.05) is 55.9 Å². The molecule has 2 heterocycles.